The van der Waals surface area contributed by atoms with Crippen molar-refractivity contribution in [2.75, 3.05) is 13.6 Å². The Balaban J connectivity index is 1.89. The number of nitrogens with zero attached hydrogens (tertiary/aromatic N) is 1. The SMILES string of the molecule is CC1CC(C(=O)N(C)C(C)C2CC2)CCN1. The standard InChI is InChI=1S/C13H24N2O/c1-9-8-12(6-7-14-9)13(16)15(3)10(2)11-4-5-11/h9-12,14H,4-8H2,1-3H3. The second kappa shape index (κ2) is 4.74. The summed E-state index contributed by atoms with van der Waals surface area (Å²) in [6.45, 7) is 5.35. The predicted octanol–water partition coefficient (Wildman–Crippen LogP) is 1.63. The maximum absolute atomic E-state index is 12.3. The fraction of sp³-hybridized carbons (Fsp3) is 0.923. The van der Waals surface area contributed by atoms with Crippen molar-refractivity contribution in [1.82, 2.24) is 10.2 Å². The van der Waals surface area contributed by atoms with Crippen LogP contribution in [0.1, 0.15) is 39.5 Å². The maximum atomic E-state index is 12.3. The molecule has 0 bridgehead atoms. The van der Waals surface area contributed by atoms with E-state index in [0.717, 1.165) is 25.3 Å². The van der Waals surface area contributed by atoms with Gasteiger partial charge >= 0.3 is 0 Å². The average molecular weight is 224 g/mol. The fourth-order valence-electron chi connectivity index (χ4n) is 2.74. The molecule has 0 aromatic heterocycles. The van der Waals surface area contributed by atoms with Crippen molar-refractivity contribution in [2.24, 2.45) is 11.8 Å². The molecule has 1 aliphatic heterocycles. The average Bonchev–Trinajstić information content (AvgIpc) is 3.10. The van der Waals surface area contributed by atoms with Crippen molar-refractivity contribution in [3.8, 4) is 0 Å². The molecular formula is C13H24N2O. The Bertz CT molecular complexity index is 259. The lowest BCUT2D eigenvalue weighted by Crippen LogP contribution is -2.45. The summed E-state index contributed by atoms with van der Waals surface area (Å²) in [5, 5.41) is 3.40. The van der Waals surface area contributed by atoms with Gasteiger partial charge in [-0.05, 0) is 52.0 Å². The summed E-state index contributed by atoms with van der Waals surface area (Å²) in [6.07, 6.45) is 4.62. The number of nitrogens with one attached hydrogen (secondary N) is 1. The van der Waals surface area contributed by atoms with Gasteiger partial charge in [0.05, 0.1) is 0 Å². The molecule has 1 N–H and O–H groups in total. The van der Waals surface area contributed by atoms with Crippen LogP contribution in [0.4, 0.5) is 0 Å². The van der Waals surface area contributed by atoms with E-state index in [1.54, 1.807) is 0 Å². The molecule has 2 aliphatic rings. The molecule has 16 heavy (non-hydrogen) atoms. The largest absolute Gasteiger partial charge is 0.343 e. The Morgan fingerprint density at radius 3 is 2.62 bits per heavy atom. The van der Waals surface area contributed by atoms with Gasteiger partial charge in [0.1, 0.15) is 0 Å². The first-order chi connectivity index (χ1) is 7.59. The monoisotopic (exact) mass is 224 g/mol. The summed E-state index contributed by atoms with van der Waals surface area (Å²) < 4.78 is 0. The Kier molecular flexibility index (Phi) is 3.53. The summed E-state index contributed by atoms with van der Waals surface area (Å²) in [5.41, 5.74) is 0. The second-order valence-electron chi connectivity index (χ2n) is 5.60. The zero-order valence-corrected chi connectivity index (χ0v) is 10.7. The molecule has 3 atom stereocenters. The van der Waals surface area contributed by atoms with Crippen LogP contribution in [0.25, 0.3) is 0 Å². The van der Waals surface area contributed by atoms with Gasteiger partial charge in [0.15, 0.2) is 0 Å². The summed E-state index contributed by atoms with van der Waals surface area (Å²) in [5.74, 6) is 1.39. The van der Waals surface area contributed by atoms with Crippen LogP contribution in [-0.4, -0.2) is 36.5 Å². The minimum atomic E-state index is 0.252. The molecule has 1 saturated carbocycles. The Morgan fingerprint density at radius 2 is 2.06 bits per heavy atom. The molecule has 1 saturated heterocycles. The van der Waals surface area contributed by atoms with Crippen molar-refractivity contribution in [1.29, 1.82) is 0 Å². The van der Waals surface area contributed by atoms with Gasteiger partial charge in [0.2, 0.25) is 5.91 Å². The summed E-state index contributed by atoms with van der Waals surface area (Å²) in [6, 6.07) is 0.935. The van der Waals surface area contributed by atoms with E-state index < -0.39 is 0 Å². The number of piperidine rings is 1. The van der Waals surface area contributed by atoms with E-state index in [-0.39, 0.29) is 5.92 Å². The van der Waals surface area contributed by atoms with Gasteiger partial charge in [-0.3, -0.25) is 4.79 Å². The zero-order valence-electron chi connectivity index (χ0n) is 10.7. The van der Waals surface area contributed by atoms with Gasteiger partial charge in [0.25, 0.3) is 0 Å². The van der Waals surface area contributed by atoms with E-state index in [1.165, 1.54) is 12.8 Å². The lowest BCUT2D eigenvalue weighted by Gasteiger charge is -2.33. The van der Waals surface area contributed by atoms with Gasteiger partial charge in [-0.15, -0.1) is 0 Å². The van der Waals surface area contributed by atoms with Gasteiger partial charge in [0, 0.05) is 25.0 Å². The van der Waals surface area contributed by atoms with Crippen LogP contribution in [0.5, 0.6) is 0 Å². The first-order valence-electron chi connectivity index (χ1n) is 6.59. The molecule has 1 amide bonds. The molecule has 0 spiro atoms. The van der Waals surface area contributed by atoms with E-state index in [2.05, 4.69) is 19.2 Å². The predicted molar refractivity (Wildman–Crippen MR) is 65.1 cm³/mol. The highest BCUT2D eigenvalue weighted by atomic mass is 16.2. The van der Waals surface area contributed by atoms with Crippen LogP contribution in [0.3, 0.4) is 0 Å². The highest BCUT2D eigenvalue weighted by Gasteiger charge is 2.35. The van der Waals surface area contributed by atoms with Crippen LogP contribution in [-0.2, 0) is 4.79 Å². The summed E-state index contributed by atoms with van der Waals surface area (Å²) in [7, 11) is 1.98. The normalized spacial score (nSPS) is 32.2. The molecule has 0 aromatic rings. The summed E-state index contributed by atoms with van der Waals surface area (Å²) >= 11 is 0. The number of amides is 1. The molecule has 0 radical (unpaired) electrons. The molecule has 3 nitrogen and oxygen atoms in total. The van der Waals surface area contributed by atoms with E-state index >= 15 is 0 Å². The van der Waals surface area contributed by atoms with Crippen LogP contribution >= 0.6 is 0 Å². The van der Waals surface area contributed by atoms with Crippen LogP contribution in [0.15, 0.2) is 0 Å². The number of carbonyl (C=O) groups excluding carboxylic acids is 1. The number of hydrogen-bond acceptors (Lipinski definition) is 2. The lowest BCUT2D eigenvalue weighted by atomic mass is 9.91. The fourth-order valence-corrected chi connectivity index (χ4v) is 2.74. The van der Waals surface area contributed by atoms with Crippen molar-refractivity contribution in [3.05, 3.63) is 0 Å². The van der Waals surface area contributed by atoms with Crippen LogP contribution in [0, 0.1) is 11.8 Å². The smallest absolute Gasteiger partial charge is 0.225 e. The minimum Gasteiger partial charge on any atom is -0.343 e. The van der Waals surface area contributed by atoms with Gasteiger partial charge in [-0.1, -0.05) is 0 Å². The number of carbonyl (C=O) groups is 1. The Morgan fingerprint density at radius 1 is 1.38 bits per heavy atom. The van der Waals surface area contributed by atoms with Gasteiger partial charge in [-0.25, -0.2) is 0 Å². The molecule has 2 rings (SSSR count). The maximum Gasteiger partial charge on any atom is 0.225 e. The highest BCUT2D eigenvalue weighted by molar-refractivity contribution is 5.79. The molecule has 0 aromatic carbocycles. The third kappa shape index (κ3) is 2.57. The van der Waals surface area contributed by atoms with Crippen molar-refractivity contribution < 1.29 is 4.79 Å². The Hall–Kier alpha value is -0.570. The number of rotatable bonds is 3. The van der Waals surface area contributed by atoms with Crippen molar-refractivity contribution in [2.45, 2.75) is 51.6 Å². The lowest BCUT2D eigenvalue weighted by molar-refractivity contribution is -0.137. The third-order valence-electron chi connectivity index (χ3n) is 4.24. The molecule has 92 valence electrons. The molecular weight excluding hydrogens is 200 g/mol. The third-order valence-corrected chi connectivity index (χ3v) is 4.24. The van der Waals surface area contributed by atoms with Crippen molar-refractivity contribution >= 4 is 5.91 Å². The van der Waals surface area contributed by atoms with Gasteiger partial charge < -0.3 is 10.2 Å². The molecule has 3 heteroatoms. The number of hydrogen-bond donors (Lipinski definition) is 1. The summed E-state index contributed by atoms with van der Waals surface area (Å²) in [4.78, 5) is 14.3. The van der Waals surface area contributed by atoms with E-state index in [4.69, 9.17) is 0 Å². The zero-order chi connectivity index (χ0) is 11.7. The van der Waals surface area contributed by atoms with E-state index in [0.29, 0.717) is 18.0 Å². The molecule has 2 fully saturated rings. The first kappa shape index (κ1) is 11.9. The topological polar surface area (TPSA) is 32.3 Å². The molecule has 3 unspecified atom stereocenters. The Labute approximate surface area is 98.6 Å². The van der Waals surface area contributed by atoms with E-state index in [9.17, 15) is 4.79 Å². The molecule has 1 heterocycles. The minimum absolute atomic E-state index is 0.252. The van der Waals surface area contributed by atoms with E-state index in [1.807, 2.05) is 11.9 Å². The quantitative estimate of drug-likeness (QED) is 0.790. The highest BCUT2D eigenvalue weighted by Crippen LogP contribution is 2.35. The van der Waals surface area contributed by atoms with Gasteiger partial charge in [-0.2, -0.15) is 0 Å². The first-order valence-corrected chi connectivity index (χ1v) is 6.59. The van der Waals surface area contributed by atoms with Crippen LogP contribution < -0.4 is 5.32 Å². The molecule has 1 aliphatic carbocycles. The van der Waals surface area contributed by atoms with Crippen LogP contribution in [0.2, 0.25) is 0 Å². The van der Waals surface area contributed by atoms with Crippen molar-refractivity contribution in [3.63, 3.8) is 0 Å². The second-order valence-corrected chi connectivity index (χ2v) is 5.60.